The lowest BCUT2D eigenvalue weighted by molar-refractivity contribution is 0.969. The van der Waals surface area contributed by atoms with Gasteiger partial charge in [-0.3, -0.25) is 4.98 Å². The molecule has 2 nitrogen and oxygen atoms in total. The van der Waals surface area contributed by atoms with E-state index < -0.39 is 0 Å². The van der Waals surface area contributed by atoms with E-state index in [9.17, 15) is 0 Å². The topological polar surface area (TPSA) is 24.9 Å². The summed E-state index contributed by atoms with van der Waals surface area (Å²) in [4.78, 5) is 4.04. The SMILES string of the molecule is CNC=CCCc1cccnc1. The summed E-state index contributed by atoms with van der Waals surface area (Å²) in [6.07, 6.45) is 9.90. The summed E-state index contributed by atoms with van der Waals surface area (Å²) in [5.41, 5.74) is 1.29. The van der Waals surface area contributed by atoms with Crippen molar-refractivity contribution in [3.63, 3.8) is 0 Å². The Morgan fingerprint density at radius 1 is 1.58 bits per heavy atom. The molecule has 1 heterocycles. The molecule has 1 aromatic rings. The molecule has 0 aliphatic carbocycles. The zero-order valence-electron chi connectivity index (χ0n) is 7.33. The zero-order chi connectivity index (χ0) is 8.65. The highest BCUT2D eigenvalue weighted by Crippen LogP contribution is 2.00. The summed E-state index contributed by atoms with van der Waals surface area (Å²) in [6.45, 7) is 0. The smallest absolute Gasteiger partial charge is 0.0299 e. The van der Waals surface area contributed by atoms with E-state index in [1.165, 1.54) is 5.56 Å². The van der Waals surface area contributed by atoms with Crippen LogP contribution >= 0.6 is 0 Å². The van der Waals surface area contributed by atoms with Crippen molar-refractivity contribution >= 4 is 0 Å². The highest BCUT2D eigenvalue weighted by atomic mass is 14.8. The van der Waals surface area contributed by atoms with E-state index in [2.05, 4.69) is 22.4 Å². The first-order valence-electron chi connectivity index (χ1n) is 4.14. The Morgan fingerprint density at radius 3 is 3.17 bits per heavy atom. The summed E-state index contributed by atoms with van der Waals surface area (Å²) < 4.78 is 0. The van der Waals surface area contributed by atoms with Crippen molar-refractivity contribution < 1.29 is 0 Å². The second-order valence-electron chi connectivity index (χ2n) is 2.59. The molecule has 0 bridgehead atoms. The van der Waals surface area contributed by atoms with E-state index in [0.717, 1.165) is 12.8 Å². The standard InChI is InChI=1S/C10H14N2/c1-11-7-3-2-5-10-6-4-8-12-9-10/h3-4,6-9,11H,2,5H2,1H3. The molecule has 0 unspecified atom stereocenters. The minimum atomic E-state index is 1.06. The number of allylic oxidation sites excluding steroid dienone is 1. The van der Waals surface area contributed by atoms with Crippen LogP contribution < -0.4 is 5.32 Å². The van der Waals surface area contributed by atoms with Gasteiger partial charge in [0.05, 0.1) is 0 Å². The van der Waals surface area contributed by atoms with Crippen molar-refractivity contribution in [2.24, 2.45) is 0 Å². The van der Waals surface area contributed by atoms with Crippen molar-refractivity contribution in [2.45, 2.75) is 12.8 Å². The highest BCUT2D eigenvalue weighted by Gasteiger charge is 1.87. The van der Waals surface area contributed by atoms with Crippen LogP contribution in [0.4, 0.5) is 0 Å². The molecule has 0 saturated heterocycles. The van der Waals surface area contributed by atoms with Crippen molar-refractivity contribution in [3.05, 3.63) is 42.4 Å². The lowest BCUT2D eigenvalue weighted by atomic mass is 10.1. The van der Waals surface area contributed by atoms with E-state index in [4.69, 9.17) is 0 Å². The zero-order valence-corrected chi connectivity index (χ0v) is 7.33. The largest absolute Gasteiger partial charge is 0.394 e. The van der Waals surface area contributed by atoms with E-state index in [-0.39, 0.29) is 0 Å². The Bertz CT molecular complexity index is 229. The summed E-state index contributed by atoms with van der Waals surface area (Å²) in [7, 11) is 1.90. The fourth-order valence-electron chi connectivity index (χ4n) is 0.997. The first kappa shape index (κ1) is 8.78. The third-order valence-electron chi connectivity index (χ3n) is 1.61. The molecular weight excluding hydrogens is 148 g/mol. The predicted octanol–water partition coefficient (Wildman–Crippen LogP) is 1.75. The molecule has 0 saturated carbocycles. The Balaban J connectivity index is 2.29. The second kappa shape index (κ2) is 5.35. The number of hydrogen-bond acceptors (Lipinski definition) is 2. The Hall–Kier alpha value is -1.31. The van der Waals surface area contributed by atoms with E-state index in [1.54, 1.807) is 6.20 Å². The number of aromatic nitrogens is 1. The van der Waals surface area contributed by atoms with Gasteiger partial charge in [-0.25, -0.2) is 0 Å². The Labute approximate surface area is 73.3 Å². The summed E-state index contributed by atoms with van der Waals surface area (Å²) in [5.74, 6) is 0. The fraction of sp³-hybridized carbons (Fsp3) is 0.300. The molecule has 12 heavy (non-hydrogen) atoms. The first-order valence-corrected chi connectivity index (χ1v) is 4.14. The van der Waals surface area contributed by atoms with Crippen LogP contribution in [-0.2, 0) is 6.42 Å². The molecule has 1 aromatic heterocycles. The number of rotatable bonds is 4. The number of nitrogens with one attached hydrogen (secondary N) is 1. The first-order chi connectivity index (χ1) is 5.93. The third kappa shape index (κ3) is 3.19. The van der Waals surface area contributed by atoms with Crippen molar-refractivity contribution in [1.82, 2.24) is 10.3 Å². The van der Waals surface area contributed by atoms with Crippen LogP contribution in [0, 0.1) is 0 Å². The molecule has 0 amide bonds. The van der Waals surface area contributed by atoms with Crippen LogP contribution in [0.1, 0.15) is 12.0 Å². The van der Waals surface area contributed by atoms with Gasteiger partial charge in [0.2, 0.25) is 0 Å². The minimum absolute atomic E-state index is 1.06. The van der Waals surface area contributed by atoms with Crippen LogP contribution in [0.15, 0.2) is 36.8 Å². The van der Waals surface area contributed by atoms with Crippen LogP contribution in [-0.4, -0.2) is 12.0 Å². The fourth-order valence-corrected chi connectivity index (χ4v) is 0.997. The van der Waals surface area contributed by atoms with Gasteiger partial charge in [-0.05, 0) is 30.7 Å². The van der Waals surface area contributed by atoms with Crippen molar-refractivity contribution in [3.8, 4) is 0 Å². The van der Waals surface area contributed by atoms with Gasteiger partial charge in [0.15, 0.2) is 0 Å². The van der Waals surface area contributed by atoms with Crippen LogP contribution in [0.25, 0.3) is 0 Å². The summed E-state index contributed by atoms with van der Waals surface area (Å²) in [5, 5.41) is 2.96. The van der Waals surface area contributed by atoms with Gasteiger partial charge >= 0.3 is 0 Å². The molecule has 0 radical (unpaired) electrons. The monoisotopic (exact) mass is 162 g/mol. The van der Waals surface area contributed by atoms with Crippen LogP contribution in [0.3, 0.4) is 0 Å². The molecule has 2 heteroatoms. The molecular formula is C10H14N2. The van der Waals surface area contributed by atoms with Gasteiger partial charge < -0.3 is 5.32 Å². The number of nitrogens with zero attached hydrogens (tertiary/aromatic N) is 1. The van der Waals surface area contributed by atoms with Gasteiger partial charge in [-0.2, -0.15) is 0 Å². The minimum Gasteiger partial charge on any atom is -0.394 e. The molecule has 1 N–H and O–H groups in total. The average Bonchev–Trinajstić information content (AvgIpc) is 2.14. The lowest BCUT2D eigenvalue weighted by Crippen LogP contribution is -1.91. The van der Waals surface area contributed by atoms with Crippen molar-refractivity contribution in [2.75, 3.05) is 7.05 Å². The molecule has 0 aromatic carbocycles. The quantitative estimate of drug-likeness (QED) is 0.729. The predicted molar refractivity (Wildman–Crippen MR) is 50.8 cm³/mol. The van der Waals surface area contributed by atoms with Crippen LogP contribution in [0.2, 0.25) is 0 Å². The third-order valence-corrected chi connectivity index (χ3v) is 1.61. The molecule has 0 aliphatic rings. The maximum atomic E-state index is 4.04. The van der Waals surface area contributed by atoms with Gasteiger partial charge in [-0.1, -0.05) is 12.1 Å². The molecule has 0 fully saturated rings. The maximum Gasteiger partial charge on any atom is 0.0299 e. The van der Waals surface area contributed by atoms with E-state index in [1.807, 2.05) is 25.5 Å². The highest BCUT2D eigenvalue weighted by molar-refractivity contribution is 5.09. The van der Waals surface area contributed by atoms with Gasteiger partial charge in [0.1, 0.15) is 0 Å². The van der Waals surface area contributed by atoms with Gasteiger partial charge in [-0.15, -0.1) is 0 Å². The number of aryl methyl sites for hydroxylation is 1. The average molecular weight is 162 g/mol. The Morgan fingerprint density at radius 2 is 2.50 bits per heavy atom. The maximum absolute atomic E-state index is 4.04. The van der Waals surface area contributed by atoms with E-state index in [0.29, 0.717) is 0 Å². The second-order valence-corrected chi connectivity index (χ2v) is 2.59. The molecule has 0 atom stereocenters. The number of pyridine rings is 1. The van der Waals surface area contributed by atoms with Gasteiger partial charge in [0.25, 0.3) is 0 Å². The summed E-state index contributed by atoms with van der Waals surface area (Å²) in [6, 6.07) is 4.07. The number of hydrogen-bond donors (Lipinski definition) is 1. The molecule has 0 spiro atoms. The normalized spacial score (nSPS) is 10.4. The summed E-state index contributed by atoms with van der Waals surface area (Å²) >= 11 is 0. The lowest BCUT2D eigenvalue weighted by Gasteiger charge is -1.95. The molecule has 1 rings (SSSR count). The van der Waals surface area contributed by atoms with Crippen LogP contribution in [0.5, 0.6) is 0 Å². The van der Waals surface area contributed by atoms with E-state index >= 15 is 0 Å². The molecule has 0 aliphatic heterocycles. The molecule has 64 valence electrons. The van der Waals surface area contributed by atoms with Gasteiger partial charge in [0, 0.05) is 19.4 Å². The van der Waals surface area contributed by atoms with Crippen molar-refractivity contribution in [1.29, 1.82) is 0 Å². The Kier molecular flexibility index (Phi) is 3.92.